The SMILES string of the molecule is Cc1ncccc1N[C@@H](C)C(C)C. The average Bonchev–Trinajstić information content (AvgIpc) is 2.08. The van der Waals surface area contributed by atoms with Crippen LogP contribution in [0.15, 0.2) is 18.3 Å². The van der Waals surface area contributed by atoms with E-state index in [0.29, 0.717) is 12.0 Å². The van der Waals surface area contributed by atoms with Crippen molar-refractivity contribution >= 4 is 5.69 Å². The molecule has 0 spiro atoms. The van der Waals surface area contributed by atoms with Crippen molar-refractivity contribution in [3.05, 3.63) is 24.0 Å². The Labute approximate surface area is 80.4 Å². The second kappa shape index (κ2) is 4.26. The largest absolute Gasteiger partial charge is 0.381 e. The van der Waals surface area contributed by atoms with Crippen LogP contribution in [0.2, 0.25) is 0 Å². The van der Waals surface area contributed by atoms with Crippen LogP contribution in [0.25, 0.3) is 0 Å². The van der Waals surface area contributed by atoms with E-state index in [-0.39, 0.29) is 0 Å². The van der Waals surface area contributed by atoms with Crippen molar-refractivity contribution in [2.24, 2.45) is 5.92 Å². The minimum atomic E-state index is 0.489. The van der Waals surface area contributed by atoms with Crippen LogP contribution in [-0.4, -0.2) is 11.0 Å². The molecule has 0 saturated carbocycles. The second-order valence-electron chi connectivity index (χ2n) is 3.81. The molecule has 0 radical (unpaired) electrons. The molecular weight excluding hydrogens is 160 g/mol. The molecule has 0 aliphatic carbocycles. The van der Waals surface area contributed by atoms with E-state index >= 15 is 0 Å². The molecule has 1 N–H and O–H groups in total. The monoisotopic (exact) mass is 178 g/mol. The zero-order valence-corrected chi connectivity index (χ0v) is 8.83. The normalized spacial score (nSPS) is 13.0. The number of hydrogen-bond donors (Lipinski definition) is 1. The molecule has 2 nitrogen and oxygen atoms in total. The summed E-state index contributed by atoms with van der Waals surface area (Å²) in [5, 5.41) is 3.45. The summed E-state index contributed by atoms with van der Waals surface area (Å²) in [6.45, 7) is 8.64. The molecule has 2 heteroatoms. The van der Waals surface area contributed by atoms with Crippen molar-refractivity contribution in [2.75, 3.05) is 5.32 Å². The van der Waals surface area contributed by atoms with Crippen molar-refractivity contribution in [1.29, 1.82) is 0 Å². The smallest absolute Gasteiger partial charge is 0.0603 e. The predicted molar refractivity (Wildman–Crippen MR) is 56.9 cm³/mol. The van der Waals surface area contributed by atoms with E-state index in [4.69, 9.17) is 0 Å². The minimum absolute atomic E-state index is 0.489. The van der Waals surface area contributed by atoms with Gasteiger partial charge in [0.1, 0.15) is 0 Å². The topological polar surface area (TPSA) is 24.9 Å². The van der Waals surface area contributed by atoms with Gasteiger partial charge in [0, 0.05) is 12.2 Å². The van der Waals surface area contributed by atoms with Gasteiger partial charge in [0.2, 0.25) is 0 Å². The highest BCUT2D eigenvalue weighted by molar-refractivity contribution is 5.47. The van der Waals surface area contributed by atoms with Crippen LogP contribution < -0.4 is 5.32 Å². The van der Waals surface area contributed by atoms with Crippen LogP contribution in [0.4, 0.5) is 5.69 Å². The van der Waals surface area contributed by atoms with Crippen molar-refractivity contribution < 1.29 is 0 Å². The van der Waals surface area contributed by atoms with Gasteiger partial charge in [-0.2, -0.15) is 0 Å². The average molecular weight is 178 g/mol. The fraction of sp³-hybridized carbons (Fsp3) is 0.545. The Hall–Kier alpha value is -1.05. The van der Waals surface area contributed by atoms with Gasteiger partial charge in [-0.1, -0.05) is 13.8 Å². The number of aryl methyl sites for hydroxylation is 1. The summed E-state index contributed by atoms with van der Waals surface area (Å²) < 4.78 is 0. The molecule has 1 heterocycles. The van der Waals surface area contributed by atoms with E-state index < -0.39 is 0 Å². The predicted octanol–water partition coefficient (Wildman–Crippen LogP) is 2.85. The van der Waals surface area contributed by atoms with Crippen LogP contribution in [0.5, 0.6) is 0 Å². The third-order valence-electron chi connectivity index (χ3n) is 2.39. The van der Waals surface area contributed by atoms with Gasteiger partial charge in [0.25, 0.3) is 0 Å². The van der Waals surface area contributed by atoms with Gasteiger partial charge in [-0.3, -0.25) is 4.98 Å². The van der Waals surface area contributed by atoms with Gasteiger partial charge in [-0.25, -0.2) is 0 Å². The van der Waals surface area contributed by atoms with Crippen LogP contribution in [0.1, 0.15) is 26.5 Å². The maximum atomic E-state index is 4.23. The molecule has 1 aromatic rings. The van der Waals surface area contributed by atoms with E-state index in [2.05, 4.69) is 37.1 Å². The molecule has 0 amide bonds. The first-order chi connectivity index (χ1) is 6.11. The zero-order valence-electron chi connectivity index (χ0n) is 8.83. The van der Waals surface area contributed by atoms with Gasteiger partial charge in [-0.05, 0) is 31.9 Å². The molecular formula is C11H18N2. The molecule has 72 valence electrons. The first kappa shape index (κ1) is 10.0. The lowest BCUT2D eigenvalue weighted by Crippen LogP contribution is -2.22. The highest BCUT2D eigenvalue weighted by Crippen LogP contribution is 2.14. The molecule has 0 aliphatic heterocycles. The summed E-state index contributed by atoms with van der Waals surface area (Å²) in [6, 6.07) is 4.52. The highest BCUT2D eigenvalue weighted by Gasteiger charge is 2.07. The van der Waals surface area contributed by atoms with Crippen LogP contribution >= 0.6 is 0 Å². The number of anilines is 1. The molecule has 13 heavy (non-hydrogen) atoms. The van der Waals surface area contributed by atoms with Gasteiger partial charge >= 0.3 is 0 Å². The van der Waals surface area contributed by atoms with Crippen molar-refractivity contribution in [1.82, 2.24) is 4.98 Å². The Morgan fingerprint density at radius 3 is 2.54 bits per heavy atom. The Bertz CT molecular complexity index is 269. The molecule has 1 rings (SSSR count). The first-order valence-electron chi connectivity index (χ1n) is 4.79. The third-order valence-corrected chi connectivity index (χ3v) is 2.39. The highest BCUT2D eigenvalue weighted by atomic mass is 14.9. The first-order valence-corrected chi connectivity index (χ1v) is 4.79. The van der Waals surface area contributed by atoms with Crippen molar-refractivity contribution in [3.63, 3.8) is 0 Å². The zero-order chi connectivity index (χ0) is 9.84. The summed E-state index contributed by atoms with van der Waals surface area (Å²) >= 11 is 0. The molecule has 0 fully saturated rings. The van der Waals surface area contributed by atoms with E-state index in [0.717, 1.165) is 11.4 Å². The van der Waals surface area contributed by atoms with Gasteiger partial charge in [-0.15, -0.1) is 0 Å². The maximum Gasteiger partial charge on any atom is 0.0603 e. The lowest BCUT2D eigenvalue weighted by Gasteiger charge is -2.19. The lowest BCUT2D eigenvalue weighted by molar-refractivity contribution is 0.559. The van der Waals surface area contributed by atoms with Gasteiger partial charge in [0.05, 0.1) is 11.4 Å². The number of hydrogen-bond acceptors (Lipinski definition) is 2. The quantitative estimate of drug-likeness (QED) is 0.769. The Morgan fingerprint density at radius 2 is 2.00 bits per heavy atom. The molecule has 0 unspecified atom stereocenters. The fourth-order valence-corrected chi connectivity index (χ4v) is 1.05. The molecule has 0 aliphatic rings. The molecule has 1 atom stereocenters. The molecule has 0 bridgehead atoms. The summed E-state index contributed by atoms with van der Waals surface area (Å²) in [5.41, 5.74) is 2.21. The summed E-state index contributed by atoms with van der Waals surface area (Å²) in [5.74, 6) is 0.639. The maximum absolute atomic E-state index is 4.23. The van der Waals surface area contributed by atoms with Crippen molar-refractivity contribution in [2.45, 2.75) is 33.7 Å². The summed E-state index contributed by atoms with van der Waals surface area (Å²) in [6.07, 6.45) is 1.82. The lowest BCUT2D eigenvalue weighted by atomic mass is 10.1. The Balaban J connectivity index is 2.69. The Kier molecular flexibility index (Phi) is 3.29. The summed E-state index contributed by atoms with van der Waals surface area (Å²) in [7, 11) is 0. The number of rotatable bonds is 3. The third kappa shape index (κ3) is 2.72. The van der Waals surface area contributed by atoms with Crippen LogP contribution in [0, 0.1) is 12.8 Å². The van der Waals surface area contributed by atoms with E-state index in [1.165, 1.54) is 0 Å². The van der Waals surface area contributed by atoms with Crippen LogP contribution in [0.3, 0.4) is 0 Å². The fourth-order valence-electron chi connectivity index (χ4n) is 1.05. The Morgan fingerprint density at radius 1 is 1.31 bits per heavy atom. The minimum Gasteiger partial charge on any atom is -0.381 e. The van der Waals surface area contributed by atoms with E-state index in [1.807, 2.05) is 19.2 Å². The molecule has 1 aromatic heterocycles. The number of nitrogens with zero attached hydrogens (tertiary/aromatic N) is 1. The standard InChI is InChI=1S/C11H18N2/c1-8(2)9(3)13-11-6-5-7-12-10(11)4/h5-9,13H,1-4H3/t9-/m0/s1. The number of pyridine rings is 1. The second-order valence-corrected chi connectivity index (χ2v) is 3.81. The molecule has 0 aromatic carbocycles. The van der Waals surface area contributed by atoms with Gasteiger partial charge in [0.15, 0.2) is 0 Å². The van der Waals surface area contributed by atoms with E-state index in [1.54, 1.807) is 0 Å². The summed E-state index contributed by atoms with van der Waals surface area (Å²) in [4.78, 5) is 4.23. The molecule has 0 saturated heterocycles. The number of aromatic nitrogens is 1. The van der Waals surface area contributed by atoms with Gasteiger partial charge < -0.3 is 5.32 Å². The number of nitrogens with one attached hydrogen (secondary N) is 1. The van der Waals surface area contributed by atoms with Crippen molar-refractivity contribution in [3.8, 4) is 0 Å². The van der Waals surface area contributed by atoms with E-state index in [9.17, 15) is 0 Å². The van der Waals surface area contributed by atoms with Crippen LogP contribution in [-0.2, 0) is 0 Å².